The zero-order valence-electron chi connectivity index (χ0n) is 7.34. The Morgan fingerprint density at radius 3 is 1.79 bits per heavy atom. The van der Waals surface area contributed by atoms with Gasteiger partial charge in [-0.3, -0.25) is 14.4 Å². The average Bonchev–Trinajstić information content (AvgIpc) is 2.04. The van der Waals surface area contributed by atoms with Crippen molar-refractivity contribution in [1.29, 1.82) is 0 Å². The lowest BCUT2D eigenvalue weighted by atomic mass is 10.2. The Bertz CT molecular complexity index is 238. The number of hydrogen-bond donors (Lipinski definition) is 4. The smallest absolute Gasteiger partial charge is 0.321 e. The number of aliphatic carboxylic acids is 2. The van der Waals surface area contributed by atoms with Gasteiger partial charge in [0.05, 0.1) is 6.42 Å². The van der Waals surface area contributed by atoms with E-state index >= 15 is 0 Å². The molecule has 0 aromatic carbocycles. The average molecular weight is 204 g/mol. The highest BCUT2D eigenvalue weighted by atomic mass is 16.4. The Morgan fingerprint density at radius 1 is 1.36 bits per heavy atom. The fraction of sp³-hybridized carbons (Fsp3) is 0.286. The molecule has 0 fully saturated rings. The maximum atomic E-state index is 9.85. The molecule has 0 aromatic heterocycles. The first-order valence-electron chi connectivity index (χ1n) is 3.43. The molecule has 7 heteroatoms. The number of nitrogens with two attached hydrogens (primary N) is 2. The van der Waals surface area contributed by atoms with Crippen molar-refractivity contribution in [2.45, 2.75) is 12.5 Å². The second-order valence-electron chi connectivity index (χ2n) is 2.15. The van der Waals surface area contributed by atoms with Crippen LogP contribution in [0, 0.1) is 0 Å². The Balaban J connectivity index is 0. The van der Waals surface area contributed by atoms with Gasteiger partial charge in [-0.15, -0.1) is 0 Å². The summed E-state index contributed by atoms with van der Waals surface area (Å²) >= 11 is 0. The second kappa shape index (κ2) is 7.74. The summed E-state index contributed by atoms with van der Waals surface area (Å²) in [5.41, 5.74) is 9.37. The predicted octanol–water partition coefficient (Wildman–Crippen LogP) is -1.47. The van der Waals surface area contributed by atoms with Gasteiger partial charge in [0.2, 0.25) is 5.91 Å². The third kappa shape index (κ3) is 12.8. The molecule has 7 nitrogen and oxygen atoms in total. The van der Waals surface area contributed by atoms with Crippen LogP contribution in [0.2, 0.25) is 0 Å². The molecule has 0 heterocycles. The summed E-state index contributed by atoms with van der Waals surface area (Å²) in [6, 6.07) is -1.29. The zero-order chi connectivity index (χ0) is 11.7. The van der Waals surface area contributed by atoms with Gasteiger partial charge in [-0.25, -0.2) is 0 Å². The van der Waals surface area contributed by atoms with Crippen molar-refractivity contribution in [1.82, 2.24) is 0 Å². The molecule has 1 atom stereocenters. The van der Waals surface area contributed by atoms with Gasteiger partial charge in [-0.1, -0.05) is 6.58 Å². The molecule has 14 heavy (non-hydrogen) atoms. The number of carbonyl (C=O) groups is 3. The summed E-state index contributed by atoms with van der Waals surface area (Å²) in [5, 5.41) is 16.0. The molecule has 1 amide bonds. The summed E-state index contributed by atoms with van der Waals surface area (Å²) in [6.07, 6.45) is 0.523. The van der Waals surface area contributed by atoms with E-state index in [2.05, 4.69) is 12.3 Å². The number of carbonyl (C=O) groups excluding carboxylic acids is 1. The van der Waals surface area contributed by atoms with E-state index in [1.165, 1.54) is 0 Å². The lowest BCUT2D eigenvalue weighted by Crippen LogP contribution is -2.32. The van der Waals surface area contributed by atoms with E-state index in [1.54, 1.807) is 0 Å². The van der Waals surface area contributed by atoms with Gasteiger partial charge in [0.1, 0.15) is 6.04 Å². The van der Waals surface area contributed by atoms with E-state index in [-0.39, 0.29) is 0 Å². The maximum absolute atomic E-state index is 9.85. The summed E-state index contributed by atoms with van der Waals surface area (Å²) in [7, 11) is 0. The minimum absolute atomic E-state index is 0.481. The van der Waals surface area contributed by atoms with Gasteiger partial charge in [-0.2, -0.15) is 0 Å². The van der Waals surface area contributed by atoms with Gasteiger partial charge in [0, 0.05) is 0 Å². The first-order chi connectivity index (χ1) is 6.31. The fourth-order valence-electron chi connectivity index (χ4n) is 0.275. The summed E-state index contributed by atoms with van der Waals surface area (Å²) in [6.45, 7) is 3.09. The van der Waals surface area contributed by atoms with Crippen LogP contribution in [-0.4, -0.2) is 34.1 Å². The highest BCUT2D eigenvalue weighted by Crippen LogP contribution is 1.86. The number of carboxylic acid groups (broad SMARTS) is 2. The van der Waals surface area contributed by atoms with Crippen LogP contribution in [0.25, 0.3) is 0 Å². The highest BCUT2D eigenvalue weighted by Gasteiger charge is 2.14. The molecule has 0 aliphatic carbocycles. The number of amides is 1. The first kappa shape index (κ1) is 14.6. The molecule has 0 aliphatic heterocycles. The molecule has 80 valence electrons. The molecule has 0 radical (unpaired) electrons. The molecule has 0 saturated carbocycles. The Hall–Kier alpha value is -1.89. The predicted molar refractivity (Wildman–Crippen MR) is 47.3 cm³/mol. The van der Waals surface area contributed by atoms with Crippen molar-refractivity contribution in [2.24, 2.45) is 11.5 Å². The molecule has 0 bridgehead atoms. The van der Waals surface area contributed by atoms with Crippen molar-refractivity contribution >= 4 is 17.8 Å². The van der Waals surface area contributed by atoms with Gasteiger partial charge >= 0.3 is 11.9 Å². The molecule has 0 saturated heterocycles. The molecule has 1 unspecified atom stereocenters. The van der Waals surface area contributed by atoms with E-state index in [4.69, 9.17) is 15.9 Å². The Kier molecular flexibility index (Phi) is 8.09. The normalized spacial score (nSPS) is 10.4. The van der Waals surface area contributed by atoms with E-state index in [9.17, 15) is 14.4 Å². The maximum Gasteiger partial charge on any atom is 0.321 e. The number of carboxylic acids is 2. The number of rotatable bonds is 4. The van der Waals surface area contributed by atoms with E-state index in [0.717, 1.165) is 6.08 Å². The lowest BCUT2D eigenvalue weighted by Gasteiger charge is -1.99. The summed E-state index contributed by atoms with van der Waals surface area (Å²) < 4.78 is 0. The Morgan fingerprint density at radius 2 is 1.71 bits per heavy atom. The quantitative estimate of drug-likeness (QED) is 0.411. The summed E-state index contributed by atoms with van der Waals surface area (Å²) in [4.78, 5) is 29.1. The molecule has 0 spiro atoms. The van der Waals surface area contributed by atoms with Crippen LogP contribution in [0.15, 0.2) is 12.7 Å². The van der Waals surface area contributed by atoms with Crippen LogP contribution in [-0.2, 0) is 14.4 Å². The Labute approximate surface area is 80.0 Å². The van der Waals surface area contributed by atoms with E-state index in [1.807, 2.05) is 0 Å². The van der Waals surface area contributed by atoms with Crippen LogP contribution in [0.1, 0.15) is 6.42 Å². The zero-order valence-corrected chi connectivity index (χ0v) is 7.34. The third-order valence-corrected chi connectivity index (χ3v) is 0.913. The van der Waals surface area contributed by atoms with Gasteiger partial charge in [0.25, 0.3) is 0 Å². The van der Waals surface area contributed by atoms with Crippen LogP contribution >= 0.6 is 0 Å². The van der Waals surface area contributed by atoms with E-state index in [0.29, 0.717) is 0 Å². The standard InChI is InChI=1S/C4H7NO4.C3H5NO/c5-2(4(8)9)1-3(6)7;1-2-3(4)5/h2H,1,5H2,(H,6,7)(H,8,9);2H,1H2,(H2,4,5). The third-order valence-electron chi connectivity index (χ3n) is 0.913. The van der Waals surface area contributed by atoms with Crippen LogP contribution in [0.4, 0.5) is 0 Å². The van der Waals surface area contributed by atoms with Crippen LogP contribution in [0.5, 0.6) is 0 Å². The lowest BCUT2D eigenvalue weighted by molar-refractivity contribution is -0.144. The molecule has 0 aliphatic rings. The molecular formula is C7H12N2O5. The van der Waals surface area contributed by atoms with Gasteiger partial charge in [0.15, 0.2) is 0 Å². The van der Waals surface area contributed by atoms with Crippen LogP contribution < -0.4 is 11.5 Å². The van der Waals surface area contributed by atoms with Crippen molar-refractivity contribution in [3.63, 3.8) is 0 Å². The monoisotopic (exact) mass is 204 g/mol. The fourth-order valence-corrected chi connectivity index (χ4v) is 0.275. The van der Waals surface area contributed by atoms with Gasteiger partial charge < -0.3 is 21.7 Å². The van der Waals surface area contributed by atoms with E-state index < -0.39 is 30.3 Å². The number of hydrogen-bond acceptors (Lipinski definition) is 4. The summed E-state index contributed by atoms with van der Waals surface area (Å²) in [5.74, 6) is -2.98. The minimum atomic E-state index is -1.29. The number of primary amides is 1. The molecule has 0 aromatic rings. The topological polar surface area (TPSA) is 144 Å². The largest absolute Gasteiger partial charge is 0.481 e. The highest BCUT2D eigenvalue weighted by molar-refractivity contribution is 5.85. The molecule has 6 N–H and O–H groups in total. The second-order valence-corrected chi connectivity index (χ2v) is 2.15. The van der Waals surface area contributed by atoms with Crippen molar-refractivity contribution in [3.05, 3.63) is 12.7 Å². The van der Waals surface area contributed by atoms with Crippen molar-refractivity contribution in [3.8, 4) is 0 Å². The van der Waals surface area contributed by atoms with Gasteiger partial charge in [-0.05, 0) is 6.08 Å². The molecule has 0 rings (SSSR count). The van der Waals surface area contributed by atoms with Crippen LogP contribution in [0.3, 0.4) is 0 Å². The minimum Gasteiger partial charge on any atom is -0.481 e. The van der Waals surface area contributed by atoms with Crippen molar-refractivity contribution in [2.75, 3.05) is 0 Å². The first-order valence-corrected chi connectivity index (χ1v) is 3.43. The van der Waals surface area contributed by atoms with Crippen molar-refractivity contribution < 1.29 is 24.6 Å². The SMILES string of the molecule is C=CC(N)=O.NC(CC(=O)O)C(=O)O. The molecular weight excluding hydrogens is 192 g/mol.